The summed E-state index contributed by atoms with van der Waals surface area (Å²) in [5.41, 5.74) is 0.917. The SMILES string of the molecule is CC1CCCN(C(=O)CSCc2c(Cl)cccc2Cl)C1. The Morgan fingerprint density at radius 1 is 1.40 bits per heavy atom. The fourth-order valence-electron chi connectivity index (χ4n) is 2.42. The average Bonchev–Trinajstić information content (AvgIpc) is 2.42. The molecule has 5 heteroatoms. The van der Waals surface area contributed by atoms with Crippen LogP contribution in [0.15, 0.2) is 18.2 Å². The van der Waals surface area contributed by atoms with E-state index in [1.165, 1.54) is 6.42 Å². The van der Waals surface area contributed by atoms with Crippen LogP contribution in [0.1, 0.15) is 25.3 Å². The highest BCUT2D eigenvalue weighted by Crippen LogP contribution is 2.28. The van der Waals surface area contributed by atoms with E-state index in [1.54, 1.807) is 11.8 Å². The second-order valence-corrected chi connectivity index (χ2v) is 7.08. The largest absolute Gasteiger partial charge is 0.342 e. The van der Waals surface area contributed by atoms with Gasteiger partial charge in [-0.1, -0.05) is 36.2 Å². The number of piperidine rings is 1. The first kappa shape index (κ1) is 16.0. The quantitative estimate of drug-likeness (QED) is 0.810. The molecule has 0 bridgehead atoms. The number of rotatable bonds is 4. The lowest BCUT2D eigenvalue weighted by Crippen LogP contribution is -2.40. The molecule has 1 aromatic carbocycles. The number of likely N-dealkylation sites (tertiary alicyclic amines) is 1. The van der Waals surface area contributed by atoms with Gasteiger partial charge in [0, 0.05) is 28.9 Å². The van der Waals surface area contributed by atoms with Crippen molar-refractivity contribution in [2.45, 2.75) is 25.5 Å². The Labute approximate surface area is 134 Å². The summed E-state index contributed by atoms with van der Waals surface area (Å²) >= 11 is 13.8. The first-order valence-electron chi connectivity index (χ1n) is 6.86. The van der Waals surface area contributed by atoms with Crippen LogP contribution in [0, 0.1) is 5.92 Å². The van der Waals surface area contributed by atoms with E-state index in [1.807, 2.05) is 23.1 Å². The van der Waals surface area contributed by atoms with Gasteiger partial charge in [-0.2, -0.15) is 0 Å². The van der Waals surface area contributed by atoms with Crippen LogP contribution >= 0.6 is 35.0 Å². The van der Waals surface area contributed by atoms with Crippen molar-refractivity contribution < 1.29 is 4.79 Å². The summed E-state index contributed by atoms with van der Waals surface area (Å²) in [7, 11) is 0. The van der Waals surface area contributed by atoms with Gasteiger partial charge in [0.2, 0.25) is 5.91 Å². The first-order chi connectivity index (χ1) is 9.58. The van der Waals surface area contributed by atoms with Gasteiger partial charge in [0.25, 0.3) is 0 Å². The van der Waals surface area contributed by atoms with E-state index >= 15 is 0 Å². The van der Waals surface area contributed by atoms with Crippen molar-refractivity contribution in [1.29, 1.82) is 0 Å². The molecule has 0 N–H and O–H groups in total. The number of nitrogens with zero attached hydrogens (tertiary/aromatic N) is 1. The summed E-state index contributed by atoms with van der Waals surface area (Å²) in [6, 6.07) is 5.49. The third-order valence-corrected chi connectivity index (χ3v) is 5.20. The maximum Gasteiger partial charge on any atom is 0.232 e. The molecule has 1 atom stereocenters. The fraction of sp³-hybridized carbons (Fsp3) is 0.533. The monoisotopic (exact) mass is 331 g/mol. The molecule has 1 heterocycles. The van der Waals surface area contributed by atoms with Gasteiger partial charge in [-0.05, 0) is 36.5 Å². The average molecular weight is 332 g/mol. The molecular weight excluding hydrogens is 313 g/mol. The number of thioether (sulfide) groups is 1. The number of hydrogen-bond acceptors (Lipinski definition) is 2. The smallest absolute Gasteiger partial charge is 0.232 e. The van der Waals surface area contributed by atoms with Crippen LogP contribution < -0.4 is 0 Å². The number of hydrogen-bond donors (Lipinski definition) is 0. The molecule has 1 saturated heterocycles. The maximum atomic E-state index is 12.1. The van der Waals surface area contributed by atoms with Gasteiger partial charge in [-0.3, -0.25) is 4.79 Å². The Morgan fingerprint density at radius 2 is 2.10 bits per heavy atom. The molecule has 0 saturated carbocycles. The number of amides is 1. The molecule has 20 heavy (non-hydrogen) atoms. The Kier molecular flexibility index (Phi) is 6.06. The second-order valence-electron chi connectivity index (χ2n) is 5.28. The minimum absolute atomic E-state index is 0.227. The summed E-state index contributed by atoms with van der Waals surface area (Å²) < 4.78 is 0. The summed E-state index contributed by atoms with van der Waals surface area (Å²) in [6.07, 6.45) is 2.35. The molecule has 2 nitrogen and oxygen atoms in total. The van der Waals surface area contributed by atoms with Gasteiger partial charge in [-0.25, -0.2) is 0 Å². The van der Waals surface area contributed by atoms with Crippen molar-refractivity contribution in [3.8, 4) is 0 Å². The van der Waals surface area contributed by atoms with Crippen LogP contribution in [-0.4, -0.2) is 29.6 Å². The molecule has 0 radical (unpaired) electrons. The van der Waals surface area contributed by atoms with Gasteiger partial charge in [0.15, 0.2) is 0 Å². The molecule has 1 amide bonds. The van der Waals surface area contributed by atoms with Crippen molar-refractivity contribution in [1.82, 2.24) is 4.90 Å². The van der Waals surface area contributed by atoms with E-state index < -0.39 is 0 Å². The van der Waals surface area contributed by atoms with Gasteiger partial charge < -0.3 is 4.90 Å². The maximum absolute atomic E-state index is 12.1. The van der Waals surface area contributed by atoms with Crippen LogP contribution in [0.25, 0.3) is 0 Å². The minimum Gasteiger partial charge on any atom is -0.342 e. The molecule has 110 valence electrons. The van der Waals surface area contributed by atoms with E-state index in [9.17, 15) is 4.79 Å². The van der Waals surface area contributed by atoms with E-state index in [2.05, 4.69) is 6.92 Å². The summed E-state index contributed by atoms with van der Waals surface area (Å²) in [4.78, 5) is 14.1. The molecule has 2 rings (SSSR count). The highest BCUT2D eigenvalue weighted by atomic mass is 35.5. The Hall–Kier alpha value is -0.380. The molecule has 0 aromatic heterocycles. The topological polar surface area (TPSA) is 20.3 Å². The fourth-order valence-corrected chi connectivity index (χ4v) is 4.08. The molecule has 1 unspecified atom stereocenters. The predicted molar refractivity (Wildman–Crippen MR) is 87.6 cm³/mol. The van der Waals surface area contributed by atoms with E-state index in [0.29, 0.717) is 27.5 Å². The lowest BCUT2D eigenvalue weighted by molar-refractivity contribution is -0.130. The highest BCUT2D eigenvalue weighted by molar-refractivity contribution is 7.99. The third-order valence-electron chi connectivity index (χ3n) is 3.54. The van der Waals surface area contributed by atoms with Crippen molar-refractivity contribution in [3.63, 3.8) is 0 Å². The Bertz CT molecular complexity index is 461. The second kappa shape index (κ2) is 7.58. The summed E-state index contributed by atoms with van der Waals surface area (Å²) in [5.74, 6) is 2.02. The Morgan fingerprint density at radius 3 is 2.75 bits per heavy atom. The number of carbonyl (C=O) groups excluding carboxylic acids is 1. The molecular formula is C15H19Cl2NOS. The van der Waals surface area contributed by atoms with Crippen LogP contribution in [0.4, 0.5) is 0 Å². The minimum atomic E-state index is 0.227. The number of benzene rings is 1. The molecule has 1 aliphatic rings. The zero-order valence-corrected chi connectivity index (χ0v) is 13.9. The van der Waals surface area contributed by atoms with Crippen LogP contribution in [-0.2, 0) is 10.5 Å². The van der Waals surface area contributed by atoms with Crippen LogP contribution in [0.3, 0.4) is 0 Å². The van der Waals surface area contributed by atoms with E-state index in [0.717, 1.165) is 25.1 Å². The molecule has 0 spiro atoms. The Balaban J connectivity index is 1.82. The van der Waals surface area contributed by atoms with Gasteiger partial charge in [-0.15, -0.1) is 11.8 Å². The van der Waals surface area contributed by atoms with Crippen molar-refractivity contribution in [2.75, 3.05) is 18.8 Å². The number of carbonyl (C=O) groups is 1. The zero-order chi connectivity index (χ0) is 14.5. The van der Waals surface area contributed by atoms with E-state index in [4.69, 9.17) is 23.2 Å². The molecule has 1 fully saturated rings. The number of halogens is 2. The van der Waals surface area contributed by atoms with Crippen molar-refractivity contribution >= 4 is 40.9 Å². The van der Waals surface area contributed by atoms with E-state index in [-0.39, 0.29) is 5.91 Å². The van der Waals surface area contributed by atoms with Gasteiger partial charge >= 0.3 is 0 Å². The van der Waals surface area contributed by atoms with Crippen molar-refractivity contribution in [3.05, 3.63) is 33.8 Å². The first-order valence-corrected chi connectivity index (χ1v) is 8.77. The molecule has 1 aliphatic heterocycles. The van der Waals surface area contributed by atoms with Crippen molar-refractivity contribution in [2.24, 2.45) is 5.92 Å². The van der Waals surface area contributed by atoms with Crippen LogP contribution in [0.5, 0.6) is 0 Å². The zero-order valence-electron chi connectivity index (χ0n) is 11.6. The summed E-state index contributed by atoms with van der Waals surface area (Å²) in [5, 5.41) is 1.34. The standard InChI is InChI=1S/C15H19Cl2NOS/c1-11-4-3-7-18(8-11)15(19)10-20-9-12-13(16)5-2-6-14(12)17/h2,5-6,11H,3-4,7-10H2,1H3. The van der Waals surface area contributed by atoms with Gasteiger partial charge in [0.05, 0.1) is 5.75 Å². The lowest BCUT2D eigenvalue weighted by Gasteiger charge is -2.30. The highest BCUT2D eigenvalue weighted by Gasteiger charge is 2.20. The molecule has 0 aliphatic carbocycles. The normalized spacial score (nSPS) is 19.1. The third kappa shape index (κ3) is 4.31. The molecule has 1 aromatic rings. The predicted octanol–water partition coefficient (Wildman–Crippen LogP) is 4.49. The van der Waals surface area contributed by atoms with Gasteiger partial charge in [0.1, 0.15) is 0 Å². The summed E-state index contributed by atoms with van der Waals surface area (Å²) in [6.45, 7) is 4.00. The van der Waals surface area contributed by atoms with Crippen LogP contribution in [0.2, 0.25) is 10.0 Å². The lowest BCUT2D eigenvalue weighted by atomic mass is 10.0.